The number of fused-ring (bicyclic) bond motifs is 1. The number of hydrogen-bond acceptors (Lipinski definition) is 3. The molecule has 1 aliphatic carbocycles. The van der Waals surface area contributed by atoms with Gasteiger partial charge in [0.2, 0.25) is 0 Å². The number of hydrogen-bond donors (Lipinski definition) is 1. The summed E-state index contributed by atoms with van der Waals surface area (Å²) >= 11 is 0. The highest BCUT2D eigenvalue weighted by molar-refractivity contribution is 5.17. The van der Waals surface area contributed by atoms with Gasteiger partial charge in [0.25, 0.3) is 0 Å². The molecule has 0 saturated carbocycles. The van der Waals surface area contributed by atoms with Crippen LogP contribution in [0.3, 0.4) is 0 Å². The van der Waals surface area contributed by atoms with Gasteiger partial charge in [-0.15, -0.1) is 0 Å². The molecule has 3 heteroatoms. The van der Waals surface area contributed by atoms with Crippen LogP contribution in [0.4, 0.5) is 0 Å². The van der Waals surface area contributed by atoms with E-state index in [9.17, 15) is 5.11 Å². The molecule has 0 radical (unpaired) electrons. The molecule has 1 aromatic carbocycles. The minimum absolute atomic E-state index is 0.0638. The topological polar surface area (TPSA) is 38.7 Å². The van der Waals surface area contributed by atoms with Crippen LogP contribution in [0, 0.1) is 5.92 Å². The van der Waals surface area contributed by atoms with E-state index in [1.807, 2.05) is 42.5 Å². The zero-order chi connectivity index (χ0) is 11.7. The molecule has 4 atom stereocenters. The second-order valence-electron chi connectivity index (χ2n) is 4.60. The molecule has 3 unspecified atom stereocenters. The molecule has 0 amide bonds. The zero-order valence-electron chi connectivity index (χ0n) is 9.53. The van der Waals surface area contributed by atoms with E-state index in [1.54, 1.807) is 0 Å². The Balaban J connectivity index is 1.74. The Morgan fingerprint density at radius 2 is 1.94 bits per heavy atom. The fourth-order valence-electron chi connectivity index (χ4n) is 2.39. The number of rotatable bonds is 1. The standard InChI is InChI=1S/C14H16O3/c15-12-7-6-11-9-16-14(17-13(11)8-12)10-4-2-1-3-5-10/h1-7,11-15H,8-9H2/t11?,12?,13-,14?/m0/s1. The quantitative estimate of drug-likeness (QED) is 0.753. The minimum atomic E-state index is -0.384. The predicted molar refractivity (Wildman–Crippen MR) is 63.3 cm³/mol. The first-order valence-electron chi connectivity index (χ1n) is 6.01. The van der Waals surface area contributed by atoms with Crippen LogP contribution < -0.4 is 0 Å². The summed E-state index contributed by atoms with van der Waals surface area (Å²) < 4.78 is 11.6. The average molecular weight is 232 g/mol. The maximum absolute atomic E-state index is 9.60. The van der Waals surface area contributed by atoms with E-state index in [1.165, 1.54) is 0 Å². The highest BCUT2D eigenvalue weighted by Crippen LogP contribution is 2.33. The lowest BCUT2D eigenvalue weighted by Crippen LogP contribution is -2.39. The van der Waals surface area contributed by atoms with Crippen molar-refractivity contribution in [1.29, 1.82) is 0 Å². The fourth-order valence-corrected chi connectivity index (χ4v) is 2.39. The summed E-state index contributed by atoms with van der Waals surface area (Å²) in [5.41, 5.74) is 1.04. The molecule has 1 aromatic rings. The summed E-state index contributed by atoms with van der Waals surface area (Å²) in [6.07, 6.45) is 3.88. The van der Waals surface area contributed by atoms with Crippen molar-refractivity contribution in [2.45, 2.75) is 24.9 Å². The molecule has 1 N–H and O–H groups in total. The van der Waals surface area contributed by atoms with Gasteiger partial charge in [0.05, 0.1) is 18.8 Å². The van der Waals surface area contributed by atoms with Gasteiger partial charge in [-0.05, 0) is 0 Å². The predicted octanol–water partition coefficient (Wildman–Crippen LogP) is 2.04. The van der Waals surface area contributed by atoms with E-state index in [0.717, 1.165) is 5.56 Å². The van der Waals surface area contributed by atoms with Gasteiger partial charge in [0.1, 0.15) is 0 Å². The summed E-state index contributed by atoms with van der Waals surface area (Å²) in [7, 11) is 0. The van der Waals surface area contributed by atoms with E-state index in [0.29, 0.717) is 13.0 Å². The zero-order valence-corrected chi connectivity index (χ0v) is 9.53. The fraction of sp³-hybridized carbons (Fsp3) is 0.429. The van der Waals surface area contributed by atoms with Crippen LogP contribution in [0.5, 0.6) is 0 Å². The first kappa shape index (κ1) is 11.0. The van der Waals surface area contributed by atoms with Crippen molar-refractivity contribution in [1.82, 2.24) is 0 Å². The Morgan fingerprint density at radius 1 is 1.12 bits per heavy atom. The molecule has 3 rings (SSSR count). The maximum atomic E-state index is 9.60. The molecule has 1 aliphatic heterocycles. The van der Waals surface area contributed by atoms with E-state index >= 15 is 0 Å². The summed E-state index contributed by atoms with van der Waals surface area (Å²) in [6.45, 7) is 0.660. The van der Waals surface area contributed by atoms with Gasteiger partial charge in [-0.2, -0.15) is 0 Å². The molecule has 90 valence electrons. The van der Waals surface area contributed by atoms with Gasteiger partial charge in [-0.1, -0.05) is 42.5 Å². The van der Waals surface area contributed by atoms with Gasteiger partial charge in [0.15, 0.2) is 6.29 Å². The average Bonchev–Trinajstić information content (AvgIpc) is 2.39. The Kier molecular flexibility index (Phi) is 2.97. The lowest BCUT2D eigenvalue weighted by Gasteiger charge is -2.38. The smallest absolute Gasteiger partial charge is 0.184 e. The Hall–Kier alpha value is -1.16. The first-order chi connectivity index (χ1) is 8.33. The Labute approximate surface area is 101 Å². The molecule has 17 heavy (non-hydrogen) atoms. The van der Waals surface area contributed by atoms with Crippen molar-refractivity contribution >= 4 is 0 Å². The van der Waals surface area contributed by atoms with Crippen LogP contribution >= 0.6 is 0 Å². The summed E-state index contributed by atoms with van der Waals surface area (Å²) in [5, 5.41) is 9.60. The highest BCUT2D eigenvalue weighted by atomic mass is 16.7. The van der Waals surface area contributed by atoms with Gasteiger partial charge in [-0.3, -0.25) is 0 Å². The molecule has 1 heterocycles. The van der Waals surface area contributed by atoms with Crippen molar-refractivity contribution in [3.63, 3.8) is 0 Å². The largest absolute Gasteiger partial charge is 0.389 e. The minimum Gasteiger partial charge on any atom is -0.389 e. The molecule has 1 saturated heterocycles. The van der Waals surface area contributed by atoms with E-state index < -0.39 is 0 Å². The molecule has 0 bridgehead atoms. The number of aliphatic hydroxyl groups is 1. The van der Waals surface area contributed by atoms with Crippen molar-refractivity contribution in [3.05, 3.63) is 48.0 Å². The molecule has 0 spiro atoms. The monoisotopic (exact) mass is 232 g/mol. The Morgan fingerprint density at radius 3 is 2.76 bits per heavy atom. The van der Waals surface area contributed by atoms with E-state index in [4.69, 9.17) is 9.47 Å². The van der Waals surface area contributed by atoms with Crippen LogP contribution in [0.25, 0.3) is 0 Å². The molecular formula is C14H16O3. The summed E-state index contributed by atoms with van der Waals surface area (Å²) in [5.74, 6) is 0.276. The first-order valence-corrected chi connectivity index (χ1v) is 6.01. The third-order valence-corrected chi connectivity index (χ3v) is 3.34. The molecule has 0 aromatic heterocycles. The van der Waals surface area contributed by atoms with Crippen molar-refractivity contribution < 1.29 is 14.6 Å². The lowest BCUT2D eigenvalue weighted by molar-refractivity contribution is -0.239. The number of benzene rings is 1. The summed E-state index contributed by atoms with van der Waals surface area (Å²) in [4.78, 5) is 0. The molecule has 3 nitrogen and oxygen atoms in total. The number of ether oxygens (including phenoxy) is 2. The third kappa shape index (κ3) is 2.27. The van der Waals surface area contributed by atoms with Crippen LogP contribution in [0.1, 0.15) is 18.3 Å². The van der Waals surface area contributed by atoms with Crippen molar-refractivity contribution in [3.8, 4) is 0 Å². The molecule has 2 aliphatic rings. The molecular weight excluding hydrogens is 216 g/mol. The van der Waals surface area contributed by atoms with Crippen LogP contribution in [-0.4, -0.2) is 23.9 Å². The lowest BCUT2D eigenvalue weighted by atomic mass is 9.90. The number of aliphatic hydroxyl groups excluding tert-OH is 1. The SMILES string of the molecule is OC1C=CC2COC(c3ccccc3)O[C@H]2C1. The van der Waals surface area contributed by atoms with Crippen LogP contribution in [0.2, 0.25) is 0 Å². The third-order valence-electron chi connectivity index (χ3n) is 3.34. The second kappa shape index (κ2) is 4.61. The van der Waals surface area contributed by atoms with Crippen LogP contribution in [-0.2, 0) is 9.47 Å². The Bertz CT molecular complexity index is 401. The summed E-state index contributed by atoms with van der Waals surface area (Å²) in [6, 6.07) is 9.93. The van der Waals surface area contributed by atoms with Crippen molar-refractivity contribution in [2.24, 2.45) is 5.92 Å². The van der Waals surface area contributed by atoms with E-state index in [2.05, 4.69) is 0 Å². The maximum Gasteiger partial charge on any atom is 0.184 e. The van der Waals surface area contributed by atoms with Gasteiger partial charge in [0, 0.05) is 17.9 Å². The van der Waals surface area contributed by atoms with Gasteiger partial charge >= 0.3 is 0 Å². The van der Waals surface area contributed by atoms with Gasteiger partial charge in [-0.25, -0.2) is 0 Å². The van der Waals surface area contributed by atoms with Crippen molar-refractivity contribution in [2.75, 3.05) is 6.61 Å². The van der Waals surface area contributed by atoms with Crippen LogP contribution in [0.15, 0.2) is 42.5 Å². The normalized spacial score (nSPS) is 36.5. The van der Waals surface area contributed by atoms with Gasteiger partial charge < -0.3 is 14.6 Å². The van der Waals surface area contributed by atoms with E-state index in [-0.39, 0.29) is 24.4 Å². The molecule has 1 fully saturated rings. The highest BCUT2D eigenvalue weighted by Gasteiger charge is 2.34. The second-order valence-corrected chi connectivity index (χ2v) is 4.60.